The summed E-state index contributed by atoms with van der Waals surface area (Å²) in [5, 5.41) is 17.6. The lowest BCUT2D eigenvalue weighted by Gasteiger charge is -2.10. The Balaban J connectivity index is 1.99. The molecule has 1 heterocycles. The van der Waals surface area contributed by atoms with Crippen LogP contribution in [0.25, 0.3) is 10.8 Å². The van der Waals surface area contributed by atoms with Gasteiger partial charge in [0.05, 0.1) is 12.1 Å². The van der Waals surface area contributed by atoms with Crippen molar-refractivity contribution in [2.75, 3.05) is 5.32 Å². The molecule has 0 fully saturated rings. The first kappa shape index (κ1) is 12.2. The molecule has 0 aliphatic carbocycles. The van der Waals surface area contributed by atoms with Gasteiger partial charge in [0.15, 0.2) is 5.82 Å². The Morgan fingerprint density at radius 3 is 2.70 bits per heavy atom. The molecule has 0 spiro atoms. The van der Waals surface area contributed by atoms with Crippen LogP contribution < -0.4 is 5.32 Å². The average molecular weight is 269 g/mol. The molecule has 2 aromatic carbocycles. The highest BCUT2D eigenvalue weighted by atomic mass is 16.5. The zero-order valence-corrected chi connectivity index (χ0v) is 10.4. The van der Waals surface area contributed by atoms with Crippen molar-refractivity contribution in [3.63, 3.8) is 0 Å². The molecule has 0 bridgehead atoms. The second kappa shape index (κ2) is 5.00. The Morgan fingerprint density at radius 2 is 2.00 bits per heavy atom. The van der Waals surface area contributed by atoms with Gasteiger partial charge in [-0.3, -0.25) is 0 Å². The van der Waals surface area contributed by atoms with Crippen molar-refractivity contribution >= 4 is 22.4 Å². The molecule has 0 radical (unpaired) electrons. The average Bonchev–Trinajstić information content (AvgIpc) is 2.97. The third kappa shape index (κ3) is 2.18. The van der Waals surface area contributed by atoms with E-state index in [0.717, 1.165) is 11.1 Å². The van der Waals surface area contributed by atoms with Crippen LogP contribution >= 0.6 is 0 Å². The Labute approximate surface area is 114 Å². The molecule has 100 valence electrons. The SMILES string of the molecule is O=C(O)c1ccc(NCc2ncon2)c2ccccc12. The normalized spacial score (nSPS) is 10.6. The number of anilines is 1. The number of fused-ring (bicyclic) bond motifs is 1. The van der Waals surface area contributed by atoms with Crippen LogP contribution in [0.5, 0.6) is 0 Å². The molecule has 6 nitrogen and oxygen atoms in total. The summed E-state index contributed by atoms with van der Waals surface area (Å²) in [6, 6.07) is 10.7. The van der Waals surface area contributed by atoms with Gasteiger partial charge in [0.25, 0.3) is 0 Å². The van der Waals surface area contributed by atoms with Gasteiger partial charge in [-0.25, -0.2) is 4.79 Å². The van der Waals surface area contributed by atoms with E-state index < -0.39 is 5.97 Å². The quantitative estimate of drug-likeness (QED) is 0.756. The fourth-order valence-electron chi connectivity index (χ4n) is 2.08. The highest BCUT2D eigenvalue weighted by molar-refractivity contribution is 6.07. The number of rotatable bonds is 4. The number of aromatic carboxylic acids is 1. The van der Waals surface area contributed by atoms with Gasteiger partial charge in [-0.15, -0.1) is 0 Å². The van der Waals surface area contributed by atoms with E-state index >= 15 is 0 Å². The zero-order valence-electron chi connectivity index (χ0n) is 10.4. The van der Waals surface area contributed by atoms with Crippen LogP contribution in [-0.2, 0) is 6.54 Å². The minimum absolute atomic E-state index is 0.283. The van der Waals surface area contributed by atoms with Crippen LogP contribution in [0.3, 0.4) is 0 Å². The van der Waals surface area contributed by atoms with Crippen LogP contribution in [0.4, 0.5) is 5.69 Å². The van der Waals surface area contributed by atoms with E-state index in [1.54, 1.807) is 18.2 Å². The highest BCUT2D eigenvalue weighted by Gasteiger charge is 2.11. The van der Waals surface area contributed by atoms with Crippen molar-refractivity contribution in [1.82, 2.24) is 10.1 Å². The molecule has 0 amide bonds. The van der Waals surface area contributed by atoms with E-state index in [4.69, 9.17) is 0 Å². The summed E-state index contributed by atoms with van der Waals surface area (Å²) in [7, 11) is 0. The molecular formula is C14H11N3O3. The molecule has 0 aliphatic rings. The molecule has 1 aromatic heterocycles. The van der Waals surface area contributed by atoms with E-state index in [2.05, 4.69) is 20.0 Å². The van der Waals surface area contributed by atoms with Gasteiger partial charge in [-0.2, -0.15) is 4.98 Å². The number of carbonyl (C=O) groups is 1. The highest BCUT2D eigenvalue weighted by Crippen LogP contribution is 2.27. The van der Waals surface area contributed by atoms with Crippen molar-refractivity contribution in [3.8, 4) is 0 Å². The number of hydrogen-bond acceptors (Lipinski definition) is 5. The number of nitrogens with zero attached hydrogens (tertiary/aromatic N) is 2. The summed E-state index contributed by atoms with van der Waals surface area (Å²) in [5.41, 5.74) is 1.11. The molecule has 0 atom stereocenters. The number of benzene rings is 2. The van der Waals surface area contributed by atoms with Crippen molar-refractivity contribution in [2.24, 2.45) is 0 Å². The number of carboxylic acid groups (broad SMARTS) is 1. The molecule has 2 N–H and O–H groups in total. The maximum Gasteiger partial charge on any atom is 0.336 e. The van der Waals surface area contributed by atoms with Gasteiger partial charge in [0.2, 0.25) is 6.39 Å². The minimum atomic E-state index is -0.939. The Morgan fingerprint density at radius 1 is 1.20 bits per heavy atom. The first-order valence-electron chi connectivity index (χ1n) is 6.00. The molecule has 0 aliphatic heterocycles. The molecule has 6 heteroatoms. The number of hydrogen-bond donors (Lipinski definition) is 2. The van der Waals surface area contributed by atoms with Crippen molar-refractivity contribution in [1.29, 1.82) is 0 Å². The van der Waals surface area contributed by atoms with Crippen LogP contribution in [0.15, 0.2) is 47.3 Å². The molecule has 0 saturated carbocycles. The van der Waals surface area contributed by atoms with Crippen LogP contribution in [0.2, 0.25) is 0 Å². The molecule has 3 rings (SSSR count). The summed E-state index contributed by atoms with van der Waals surface area (Å²) in [6.07, 6.45) is 1.27. The van der Waals surface area contributed by atoms with Gasteiger partial charge < -0.3 is 14.9 Å². The third-order valence-electron chi connectivity index (χ3n) is 3.00. The van der Waals surface area contributed by atoms with E-state index in [0.29, 0.717) is 17.8 Å². The summed E-state index contributed by atoms with van der Waals surface area (Å²) < 4.78 is 4.66. The predicted molar refractivity (Wildman–Crippen MR) is 72.5 cm³/mol. The molecule has 20 heavy (non-hydrogen) atoms. The third-order valence-corrected chi connectivity index (χ3v) is 3.00. The lowest BCUT2D eigenvalue weighted by atomic mass is 10.0. The van der Waals surface area contributed by atoms with Gasteiger partial charge >= 0.3 is 5.97 Å². The second-order valence-electron chi connectivity index (χ2n) is 4.21. The van der Waals surface area contributed by atoms with E-state index in [9.17, 15) is 9.90 Å². The fourth-order valence-corrected chi connectivity index (χ4v) is 2.08. The van der Waals surface area contributed by atoms with E-state index in [1.165, 1.54) is 6.39 Å². The smallest absolute Gasteiger partial charge is 0.336 e. The summed E-state index contributed by atoms with van der Waals surface area (Å²) in [4.78, 5) is 15.1. The topological polar surface area (TPSA) is 88.2 Å². The van der Waals surface area contributed by atoms with Crippen LogP contribution in [-0.4, -0.2) is 21.2 Å². The summed E-state index contributed by atoms with van der Waals surface area (Å²) >= 11 is 0. The Kier molecular flexibility index (Phi) is 3.04. The first-order valence-corrected chi connectivity index (χ1v) is 6.00. The van der Waals surface area contributed by atoms with Gasteiger partial charge in [0.1, 0.15) is 0 Å². The summed E-state index contributed by atoms with van der Waals surface area (Å²) in [6.45, 7) is 0.410. The van der Waals surface area contributed by atoms with E-state index in [1.807, 2.05) is 18.2 Å². The van der Waals surface area contributed by atoms with Crippen molar-refractivity contribution in [3.05, 3.63) is 54.2 Å². The summed E-state index contributed by atoms with van der Waals surface area (Å²) in [5.74, 6) is -0.401. The molecule has 0 saturated heterocycles. The zero-order chi connectivity index (χ0) is 13.9. The fraction of sp³-hybridized carbons (Fsp3) is 0.0714. The lowest BCUT2D eigenvalue weighted by molar-refractivity contribution is 0.0699. The van der Waals surface area contributed by atoms with Gasteiger partial charge in [0, 0.05) is 11.1 Å². The van der Waals surface area contributed by atoms with Crippen molar-refractivity contribution in [2.45, 2.75) is 6.54 Å². The Bertz CT molecular complexity index is 753. The van der Waals surface area contributed by atoms with Gasteiger partial charge in [-0.1, -0.05) is 29.4 Å². The lowest BCUT2D eigenvalue weighted by Crippen LogP contribution is -2.03. The number of carboxylic acids is 1. The monoisotopic (exact) mass is 269 g/mol. The number of aromatic nitrogens is 2. The first-order chi connectivity index (χ1) is 9.75. The maximum atomic E-state index is 11.2. The molecule has 0 unspecified atom stereocenters. The number of nitrogens with one attached hydrogen (secondary N) is 1. The van der Waals surface area contributed by atoms with E-state index in [-0.39, 0.29) is 5.56 Å². The predicted octanol–water partition coefficient (Wildman–Crippen LogP) is 2.53. The van der Waals surface area contributed by atoms with Gasteiger partial charge in [-0.05, 0) is 17.5 Å². The molecule has 3 aromatic rings. The minimum Gasteiger partial charge on any atom is -0.478 e. The van der Waals surface area contributed by atoms with Crippen LogP contribution in [0, 0.1) is 0 Å². The Hall–Kier alpha value is -2.89. The van der Waals surface area contributed by atoms with Crippen molar-refractivity contribution < 1.29 is 14.4 Å². The maximum absolute atomic E-state index is 11.2. The van der Waals surface area contributed by atoms with Crippen LogP contribution in [0.1, 0.15) is 16.2 Å². The largest absolute Gasteiger partial charge is 0.478 e. The molecular weight excluding hydrogens is 258 g/mol. The standard InChI is InChI=1S/C14H11N3O3/c18-14(19)11-5-6-12(10-4-2-1-3-9(10)11)15-7-13-16-8-20-17-13/h1-6,8,15H,7H2,(H,18,19). The second-order valence-corrected chi connectivity index (χ2v) is 4.21.